The summed E-state index contributed by atoms with van der Waals surface area (Å²) in [6.07, 6.45) is 1.74. The SMILES string of the molecule is CC[NH+](CC)CC[n+]1cnc2c(c1N)[C@H](c1ccc(Cl)cc1)c1ccc(O)cc1O2. The highest BCUT2D eigenvalue weighted by molar-refractivity contribution is 6.30. The Hall–Kier alpha value is -2.83. The van der Waals surface area contributed by atoms with Crippen molar-refractivity contribution in [3.8, 4) is 17.4 Å². The van der Waals surface area contributed by atoms with E-state index in [0.29, 0.717) is 22.5 Å². The van der Waals surface area contributed by atoms with Crippen molar-refractivity contribution >= 4 is 17.4 Å². The number of anilines is 1. The average Bonchev–Trinajstić information content (AvgIpc) is 2.75. The highest BCUT2D eigenvalue weighted by atomic mass is 35.5. The maximum absolute atomic E-state index is 9.95. The molecule has 0 fully saturated rings. The molecule has 1 atom stereocenters. The van der Waals surface area contributed by atoms with E-state index >= 15 is 0 Å². The van der Waals surface area contributed by atoms with Crippen molar-refractivity contribution in [1.82, 2.24) is 4.98 Å². The van der Waals surface area contributed by atoms with Gasteiger partial charge in [0.25, 0.3) is 0 Å². The summed E-state index contributed by atoms with van der Waals surface area (Å²) in [4.78, 5) is 6.08. The first-order chi connectivity index (χ1) is 14.5. The van der Waals surface area contributed by atoms with Crippen LogP contribution in [0.25, 0.3) is 0 Å². The zero-order valence-corrected chi connectivity index (χ0v) is 18.0. The van der Waals surface area contributed by atoms with Crippen LogP contribution in [0.2, 0.25) is 5.02 Å². The monoisotopic (exact) mass is 426 g/mol. The molecule has 156 valence electrons. The van der Waals surface area contributed by atoms with E-state index in [1.54, 1.807) is 18.5 Å². The molecule has 3 aromatic rings. The fourth-order valence-electron chi connectivity index (χ4n) is 4.04. The number of benzene rings is 2. The van der Waals surface area contributed by atoms with Crippen molar-refractivity contribution in [3.63, 3.8) is 0 Å². The van der Waals surface area contributed by atoms with Crippen LogP contribution in [0.15, 0.2) is 48.8 Å². The predicted octanol–water partition coefficient (Wildman–Crippen LogP) is 2.52. The third kappa shape index (κ3) is 3.80. The normalized spacial score (nSPS) is 14.9. The van der Waals surface area contributed by atoms with Crippen LogP contribution < -0.4 is 19.9 Å². The molecule has 2 heterocycles. The van der Waals surface area contributed by atoms with Gasteiger partial charge in [-0.2, -0.15) is 0 Å². The van der Waals surface area contributed by atoms with E-state index in [9.17, 15) is 5.11 Å². The number of hydrogen-bond acceptors (Lipinski definition) is 4. The Labute approximate surface area is 181 Å². The molecule has 7 heteroatoms. The van der Waals surface area contributed by atoms with Crippen molar-refractivity contribution in [2.45, 2.75) is 26.3 Å². The molecule has 1 aliphatic heterocycles. The lowest BCUT2D eigenvalue weighted by Gasteiger charge is -2.27. The van der Waals surface area contributed by atoms with Crippen LogP contribution in [0.4, 0.5) is 5.82 Å². The lowest BCUT2D eigenvalue weighted by Crippen LogP contribution is -3.12. The van der Waals surface area contributed by atoms with Crippen molar-refractivity contribution in [2.75, 3.05) is 25.4 Å². The van der Waals surface area contributed by atoms with Gasteiger partial charge in [0, 0.05) is 16.7 Å². The number of ether oxygens (including phenoxy) is 1. The van der Waals surface area contributed by atoms with Crippen molar-refractivity contribution < 1.29 is 19.3 Å². The zero-order chi connectivity index (χ0) is 21.3. The number of nitrogen functional groups attached to an aromatic ring is 1. The average molecular weight is 427 g/mol. The summed E-state index contributed by atoms with van der Waals surface area (Å²) in [5.74, 6) is 1.68. The van der Waals surface area contributed by atoms with Crippen molar-refractivity contribution in [3.05, 3.63) is 70.5 Å². The van der Waals surface area contributed by atoms with Gasteiger partial charge in [-0.15, -0.1) is 0 Å². The largest absolute Gasteiger partial charge is 0.508 e. The Bertz CT molecular complexity index is 1050. The van der Waals surface area contributed by atoms with Gasteiger partial charge in [-0.1, -0.05) is 34.8 Å². The molecule has 1 aromatic heterocycles. The molecule has 30 heavy (non-hydrogen) atoms. The number of halogens is 1. The first-order valence-corrected chi connectivity index (χ1v) is 10.7. The summed E-state index contributed by atoms with van der Waals surface area (Å²) >= 11 is 6.13. The van der Waals surface area contributed by atoms with Crippen molar-refractivity contribution in [1.29, 1.82) is 0 Å². The first-order valence-electron chi connectivity index (χ1n) is 10.3. The topological polar surface area (TPSA) is 76.7 Å². The lowest BCUT2D eigenvalue weighted by molar-refractivity contribution is -0.915. The molecule has 0 radical (unpaired) electrons. The molecule has 4 N–H and O–H groups in total. The van der Waals surface area contributed by atoms with E-state index in [4.69, 9.17) is 22.1 Å². The highest BCUT2D eigenvalue weighted by Gasteiger charge is 2.36. The van der Waals surface area contributed by atoms with Gasteiger partial charge in [-0.05, 0) is 37.6 Å². The second kappa shape index (κ2) is 8.50. The van der Waals surface area contributed by atoms with E-state index in [0.717, 1.165) is 42.9 Å². The number of nitrogens with two attached hydrogens (primary N) is 1. The van der Waals surface area contributed by atoms with E-state index in [1.807, 2.05) is 34.9 Å². The number of quaternary nitrogens is 1. The van der Waals surface area contributed by atoms with Crippen LogP contribution in [-0.2, 0) is 6.54 Å². The third-order valence-electron chi connectivity index (χ3n) is 5.84. The Morgan fingerprint density at radius 2 is 1.90 bits per heavy atom. The molecular weight excluding hydrogens is 400 g/mol. The first kappa shape index (κ1) is 20.4. The minimum absolute atomic E-state index is 0.147. The van der Waals surface area contributed by atoms with Crippen LogP contribution >= 0.6 is 11.6 Å². The number of rotatable bonds is 6. The molecule has 0 bridgehead atoms. The molecular formula is C23H27ClN4O2+2. The van der Waals surface area contributed by atoms with Crippen LogP contribution in [0.5, 0.6) is 17.4 Å². The van der Waals surface area contributed by atoms with Gasteiger partial charge in [-0.25, -0.2) is 4.57 Å². The molecule has 0 amide bonds. The minimum atomic E-state index is -0.164. The Balaban J connectivity index is 1.81. The summed E-state index contributed by atoms with van der Waals surface area (Å²) in [5, 5.41) is 10.6. The van der Waals surface area contributed by atoms with Gasteiger partial charge < -0.3 is 20.5 Å². The lowest BCUT2D eigenvalue weighted by atomic mass is 9.83. The summed E-state index contributed by atoms with van der Waals surface area (Å²) in [5.41, 5.74) is 9.49. The molecule has 0 unspecified atom stereocenters. The second-order valence-electron chi connectivity index (χ2n) is 7.56. The number of nitrogens with zero attached hydrogens (tertiary/aromatic N) is 2. The van der Waals surface area contributed by atoms with Crippen LogP contribution in [-0.4, -0.2) is 29.7 Å². The number of aromatic nitrogens is 2. The molecule has 4 rings (SSSR count). The summed E-state index contributed by atoms with van der Waals surface area (Å²) in [7, 11) is 0. The summed E-state index contributed by atoms with van der Waals surface area (Å²) < 4.78 is 8.04. The standard InChI is InChI=1S/C23H25ClN4O2/c1-3-27(4-2)11-12-28-14-26-23-21(22(28)25)20(15-5-7-16(24)8-6-15)18-10-9-17(29)13-19(18)30-23/h5-10,13-14,20,25,29H,3-4,11-12H2,1-2H3/p+2/t20-/m1/s1. The van der Waals surface area contributed by atoms with E-state index in [1.165, 1.54) is 4.90 Å². The van der Waals surface area contributed by atoms with Crippen LogP contribution in [0.1, 0.15) is 36.5 Å². The Morgan fingerprint density at radius 3 is 2.60 bits per heavy atom. The molecule has 6 nitrogen and oxygen atoms in total. The van der Waals surface area contributed by atoms with Gasteiger partial charge in [0.2, 0.25) is 12.1 Å². The molecule has 1 aliphatic rings. The highest BCUT2D eigenvalue weighted by Crippen LogP contribution is 2.48. The quantitative estimate of drug-likeness (QED) is 0.414. The molecule has 0 saturated heterocycles. The Morgan fingerprint density at radius 1 is 1.17 bits per heavy atom. The number of likely N-dealkylation sites (N-methyl/N-ethyl adjacent to an activating group) is 1. The molecule has 0 spiro atoms. The zero-order valence-electron chi connectivity index (χ0n) is 17.2. The fraction of sp³-hybridized carbons (Fsp3) is 0.304. The number of fused-ring (bicyclic) bond motifs is 2. The number of phenolic OH excluding ortho intramolecular Hbond substituents is 1. The maximum atomic E-state index is 9.95. The van der Waals surface area contributed by atoms with Gasteiger partial charge in [-0.3, -0.25) is 0 Å². The summed E-state index contributed by atoms with van der Waals surface area (Å²) in [6.45, 7) is 8.27. The van der Waals surface area contributed by atoms with Crippen molar-refractivity contribution in [2.24, 2.45) is 0 Å². The molecule has 0 aliphatic carbocycles. The molecule has 0 saturated carbocycles. The number of phenols is 1. The predicted molar refractivity (Wildman–Crippen MR) is 116 cm³/mol. The van der Waals surface area contributed by atoms with Crippen LogP contribution in [0.3, 0.4) is 0 Å². The van der Waals surface area contributed by atoms with E-state index in [2.05, 4.69) is 18.8 Å². The van der Waals surface area contributed by atoms with Gasteiger partial charge in [0.05, 0.1) is 19.0 Å². The number of nitrogens with one attached hydrogen (secondary N) is 1. The number of hydrogen-bond donors (Lipinski definition) is 3. The second-order valence-corrected chi connectivity index (χ2v) is 7.99. The van der Waals surface area contributed by atoms with Gasteiger partial charge in [0.1, 0.15) is 30.2 Å². The fourth-order valence-corrected chi connectivity index (χ4v) is 4.17. The third-order valence-corrected chi connectivity index (χ3v) is 6.10. The maximum Gasteiger partial charge on any atom is 0.306 e. The van der Waals surface area contributed by atoms with E-state index < -0.39 is 0 Å². The summed E-state index contributed by atoms with van der Waals surface area (Å²) in [6, 6.07) is 12.9. The smallest absolute Gasteiger partial charge is 0.306 e. The Kier molecular flexibility index (Phi) is 5.79. The number of aromatic hydroxyl groups is 1. The minimum Gasteiger partial charge on any atom is -0.508 e. The van der Waals surface area contributed by atoms with Gasteiger partial charge in [0.15, 0.2) is 0 Å². The molecule has 2 aromatic carbocycles. The van der Waals surface area contributed by atoms with Crippen LogP contribution in [0, 0.1) is 0 Å². The van der Waals surface area contributed by atoms with Gasteiger partial charge >= 0.3 is 5.88 Å². The van der Waals surface area contributed by atoms with E-state index in [-0.39, 0.29) is 11.7 Å².